The number of carboxylic acids is 1. The van der Waals surface area contributed by atoms with E-state index in [1.54, 1.807) is 0 Å². The molecule has 3 atom stereocenters. The molecule has 0 aliphatic carbocycles. The summed E-state index contributed by atoms with van der Waals surface area (Å²) in [6.45, 7) is 2.20. The van der Waals surface area contributed by atoms with Gasteiger partial charge in [-0.3, -0.25) is 4.79 Å². The number of benzene rings is 2. The van der Waals surface area contributed by atoms with Crippen molar-refractivity contribution < 1.29 is 32.3 Å². The maximum atomic E-state index is 14.4. The van der Waals surface area contributed by atoms with Crippen LogP contribution in [-0.2, 0) is 16.0 Å². The van der Waals surface area contributed by atoms with Gasteiger partial charge in [0.15, 0.2) is 0 Å². The third-order valence-corrected chi connectivity index (χ3v) is 5.39. The van der Waals surface area contributed by atoms with Gasteiger partial charge < -0.3 is 15.2 Å². The fourth-order valence-electron chi connectivity index (χ4n) is 3.02. The molecule has 31 heavy (non-hydrogen) atoms. The Morgan fingerprint density at radius 1 is 1.10 bits per heavy atom. The van der Waals surface area contributed by atoms with Crippen molar-refractivity contribution in [2.24, 2.45) is 11.8 Å². The van der Waals surface area contributed by atoms with Gasteiger partial charge in [0, 0.05) is 16.6 Å². The second-order valence-corrected chi connectivity index (χ2v) is 8.05. The summed E-state index contributed by atoms with van der Waals surface area (Å²) < 4.78 is 54.7. The molecule has 0 radical (unpaired) electrons. The number of anilines is 1. The van der Waals surface area contributed by atoms with Crippen LogP contribution in [0.25, 0.3) is 0 Å². The Bertz CT molecular complexity index is 982. The van der Waals surface area contributed by atoms with Gasteiger partial charge in [0.1, 0.15) is 5.82 Å². The van der Waals surface area contributed by atoms with E-state index in [9.17, 15) is 32.3 Å². The minimum atomic E-state index is -4.79. The van der Waals surface area contributed by atoms with E-state index in [4.69, 9.17) is 23.2 Å². The van der Waals surface area contributed by atoms with Crippen LogP contribution in [0.2, 0.25) is 10.0 Å². The van der Waals surface area contributed by atoms with E-state index >= 15 is 0 Å². The van der Waals surface area contributed by atoms with Gasteiger partial charge in [0.05, 0.1) is 22.5 Å². The minimum absolute atomic E-state index is 0.0215. The molecule has 0 fully saturated rings. The van der Waals surface area contributed by atoms with Crippen molar-refractivity contribution in [2.45, 2.75) is 32.4 Å². The van der Waals surface area contributed by atoms with Crippen LogP contribution >= 0.6 is 23.2 Å². The molecule has 2 aromatic rings. The second-order valence-electron chi connectivity index (χ2n) is 7.20. The highest BCUT2D eigenvalue weighted by atomic mass is 35.5. The molecule has 0 unspecified atom stereocenters. The quantitative estimate of drug-likeness (QED) is 0.570. The number of rotatable bonds is 7. The van der Waals surface area contributed by atoms with Crippen LogP contribution in [0.4, 0.5) is 23.2 Å². The maximum absolute atomic E-state index is 14.4. The van der Waals surface area contributed by atoms with Crippen LogP contribution in [0.3, 0.4) is 0 Å². The Morgan fingerprint density at radius 3 is 2.29 bits per heavy atom. The molecule has 2 aromatic carbocycles. The van der Waals surface area contributed by atoms with Gasteiger partial charge in [-0.05, 0) is 42.2 Å². The summed E-state index contributed by atoms with van der Waals surface area (Å²) in [6.07, 6.45) is -4.74. The molecular weight excluding hydrogens is 461 g/mol. The van der Waals surface area contributed by atoms with Crippen molar-refractivity contribution in [3.8, 4) is 0 Å². The summed E-state index contributed by atoms with van der Waals surface area (Å²) in [4.78, 5) is 23.8. The van der Waals surface area contributed by atoms with Gasteiger partial charge in [0.25, 0.3) is 0 Å². The molecule has 0 aromatic heterocycles. The van der Waals surface area contributed by atoms with Gasteiger partial charge in [-0.2, -0.15) is 13.2 Å². The lowest BCUT2D eigenvalue weighted by atomic mass is 9.85. The molecule has 0 heterocycles. The molecule has 0 spiro atoms. The Hall–Kier alpha value is -2.32. The lowest BCUT2D eigenvalue weighted by Crippen LogP contribution is -2.35. The Balaban J connectivity index is 2.41. The summed E-state index contributed by atoms with van der Waals surface area (Å²) >= 11 is 11.7. The summed E-state index contributed by atoms with van der Waals surface area (Å²) in [6, 6.07) is 7.30. The lowest BCUT2D eigenvalue weighted by molar-refractivity contribution is -0.310. The normalized spacial score (nSPS) is 14.6. The van der Waals surface area contributed by atoms with Crippen LogP contribution in [0.5, 0.6) is 0 Å². The zero-order valence-corrected chi connectivity index (χ0v) is 17.9. The fraction of sp³-hybridized carbons (Fsp3) is 0.333. The van der Waals surface area contributed by atoms with Crippen LogP contribution in [0.1, 0.15) is 30.9 Å². The van der Waals surface area contributed by atoms with Gasteiger partial charge >= 0.3 is 6.18 Å². The van der Waals surface area contributed by atoms with Gasteiger partial charge in [-0.1, -0.05) is 49.2 Å². The number of alkyl halides is 3. The van der Waals surface area contributed by atoms with Gasteiger partial charge in [-0.25, -0.2) is 4.39 Å². The summed E-state index contributed by atoms with van der Waals surface area (Å²) in [7, 11) is 0. The molecule has 1 amide bonds. The Morgan fingerprint density at radius 2 is 1.74 bits per heavy atom. The summed E-state index contributed by atoms with van der Waals surface area (Å²) in [5.74, 6) is -8.43. The fourth-order valence-corrected chi connectivity index (χ4v) is 3.35. The number of amides is 1. The highest BCUT2D eigenvalue weighted by Gasteiger charge is 2.45. The van der Waals surface area contributed by atoms with Crippen LogP contribution in [-0.4, -0.2) is 18.1 Å². The van der Waals surface area contributed by atoms with Crippen LogP contribution in [0.15, 0.2) is 36.4 Å². The Labute approximate surface area is 186 Å². The number of carbonyl (C=O) groups is 2. The minimum Gasteiger partial charge on any atom is -0.550 e. The zero-order chi connectivity index (χ0) is 23.5. The third kappa shape index (κ3) is 6.33. The molecule has 2 rings (SSSR count). The number of carbonyl (C=O) groups excluding carboxylic acids is 2. The monoisotopic (exact) mass is 478 g/mol. The molecule has 0 aliphatic rings. The molecule has 0 aliphatic heterocycles. The van der Waals surface area contributed by atoms with Crippen molar-refractivity contribution in [1.29, 1.82) is 0 Å². The van der Waals surface area contributed by atoms with Crippen molar-refractivity contribution in [3.63, 3.8) is 0 Å². The van der Waals surface area contributed by atoms with Crippen LogP contribution < -0.4 is 10.4 Å². The molecule has 0 saturated heterocycles. The number of hydrogen-bond acceptors (Lipinski definition) is 3. The third-order valence-electron chi connectivity index (χ3n) is 4.83. The zero-order valence-electron chi connectivity index (χ0n) is 16.4. The van der Waals surface area contributed by atoms with E-state index in [1.165, 1.54) is 31.2 Å². The lowest BCUT2D eigenvalue weighted by Gasteiger charge is -2.26. The number of aliphatic carboxylic acids is 1. The largest absolute Gasteiger partial charge is 0.550 e. The van der Waals surface area contributed by atoms with Crippen molar-refractivity contribution >= 4 is 40.8 Å². The van der Waals surface area contributed by atoms with Crippen molar-refractivity contribution in [2.75, 3.05) is 5.32 Å². The Kier molecular flexibility index (Phi) is 7.94. The molecule has 168 valence electrons. The van der Waals surface area contributed by atoms with E-state index in [0.29, 0.717) is 5.56 Å². The summed E-state index contributed by atoms with van der Waals surface area (Å²) in [5.41, 5.74) is -0.0254. The highest BCUT2D eigenvalue weighted by molar-refractivity contribution is 6.33. The molecule has 0 bridgehead atoms. The first-order valence-corrected chi connectivity index (χ1v) is 9.88. The van der Waals surface area contributed by atoms with Crippen molar-refractivity contribution in [1.82, 2.24) is 0 Å². The molecule has 4 nitrogen and oxygen atoms in total. The first kappa shape index (κ1) is 24.9. The van der Waals surface area contributed by atoms with E-state index in [2.05, 4.69) is 5.32 Å². The SMILES string of the molecule is C[C@H]([C@H](C(=O)Nc1cc(C[C@H](C)C(=O)[O-])ccc1Cl)c1ccc(Cl)cc1F)C(F)(F)F. The first-order chi connectivity index (χ1) is 14.3. The number of carboxylic acid groups (broad SMARTS) is 1. The average Bonchev–Trinajstić information content (AvgIpc) is 2.65. The maximum Gasteiger partial charge on any atom is 0.392 e. The van der Waals surface area contributed by atoms with E-state index in [0.717, 1.165) is 19.1 Å². The standard InChI is InChI=1S/C21H19Cl2F4NO3/c1-10(20(30)31)7-12-3-6-15(23)17(8-12)28-19(29)18(11(2)21(25,26)27)14-5-4-13(22)9-16(14)24/h3-6,8-11,18H,7H2,1-2H3,(H,28,29)(H,30,31)/p-1/t10-,11+,18-/m0/s1. The molecule has 10 heteroatoms. The van der Waals surface area contributed by atoms with Gasteiger partial charge in [-0.15, -0.1) is 0 Å². The topological polar surface area (TPSA) is 69.2 Å². The van der Waals surface area contributed by atoms with E-state index < -0.39 is 47.2 Å². The summed E-state index contributed by atoms with van der Waals surface area (Å²) in [5, 5.41) is 13.3. The molecule has 1 N–H and O–H groups in total. The van der Waals surface area contributed by atoms with E-state index in [1.807, 2.05) is 0 Å². The number of halogens is 6. The number of hydrogen-bond donors (Lipinski definition) is 1. The molecule has 0 saturated carbocycles. The first-order valence-electron chi connectivity index (χ1n) is 9.13. The second kappa shape index (κ2) is 9.87. The van der Waals surface area contributed by atoms with Crippen LogP contribution in [0, 0.1) is 17.7 Å². The predicted molar refractivity (Wildman–Crippen MR) is 107 cm³/mol. The molecular formula is C21H18Cl2F4NO3-. The average molecular weight is 479 g/mol. The predicted octanol–water partition coefficient (Wildman–Crippen LogP) is 4.98. The van der Waals surface area contributed by atoms with Crippen molar-refractivity contribution in [3.05, 3.63) is 63.4 Å². The van der Waals surface area contributed by atoms with Gasteiger partial charge in [0.2, 0.25) is 5.91 Å². The van der Waals surface area contributed by atoms with E-state index in [-0.39, 0.29) is 22.2 Å². The smallest absolute Gasteiger partial charge is 0.392 e. The number of nitrogens with one attached hydrogen (secondary N) is 1. The highest BCUT2D eigenvalue weighted by Crippen LogP contribution is 2.40.